The van der Waals surface area contributed by atoms with Crippen LogP contribution >= 0.6 is 0 Å². The molecule has 0 saturated heterocycles. The second-order valence-corrected chi connectivity index (χ2v) is 9.72. The highest BCUT2D eigenvalue weighted by molar-refractivity contribution is 7.80. The first-order chi connectivity index (χ1) is 11.0. The molecule has 0 aromatic carbocycles. The SMILES string of the molecule is C[C@]1(C(=O)O)CC[C@H]2[C@@H](CC[C@@H]3C[C@H](OS(=O)(=O)O)CC[C@@]32C)C1. The Bertz CT molecular complexity index is 617. The van der Waals surface area contributed by atoms with Gasteiger partial charge in [-0.05, 0) is 81.5 Å². The summed E-state index contributed by atoms with van der Waals surface area (Å²) < 4.78 is 35.7. The molecule has 0 unspecified atom stereocenters. The molecule has 24 heavy (non-hydrogen) atoms. The van der Waals surface area contributed by atoms with E-state index in [1.165, 1.54) is 0 Å². The van der Waals surface area contributed by atoms with Gasteiger partial charge in [-0.2, -0.15) is 8.42 Å². The largest absolute Gasteiger partial charge is 0.481 e. The summed E-state index contributed by atoms with van der Waals surface area (Å²) in [6.07, 6.45) is 6.14. The molecule has 0 amide bonds. The van der Waals surface area contributed by atoms with Gasteiger partial charge < -0.3 is 5.11 Å². The van der Waals surface area contributed by atoms with Crippen molar-refractivity contribution in [2.45, 2.75) is 71.3 Å². The van der Waals surface area contributed by atoms with Gasteiger partial charge >= 0.3 is 16.4 Å². The van der Waals surface area contributed by atoms with Gasteiger partial charge in [-0.1, -0.05) is 6.92 Å². The molecule has 3 aliphatic rings. The van der Waals surface area contributed by atoms with Crippen LogP contribution in [-0.2, 0) is 19.4 Å². The fourth-order valence-corrected chi connectivity index (χ4v) is 6.41. The van der Waals surface area contributed by atoms with Crippen molar-refractivity contribution in [2.75, 3.05) is 0 Å². The average Bonchev–Trinajstić information content (AvgIpc) is 2.46. The highest BCUT2D eigenvalue weighted by atomic mass is 32.3. The van der Waals surface area contributed by atoms with Crippen molar-refractivity contribution in [3.8, 4) is 0 Å². The summed E-state index contributed by atoms with van der Waals surface area (Å²) in [6, 6.07) is 0. The predicted molar refractivity (Wildman–Crippen MR) is 87.7 cm³/mol. The Kier molecular flexibility index (Phi) is 4.50. The second-order valence-electron chi connectivity index (χ2n) is 8.68. The maximum atomic E-state index is 11.6. The summed E-state index contributed by atoms with van der Waals surface area (Å²) in [5.74, 6) is 0.655. The topological polar surface area (TPSA) is 101 Å². The zero-order valence-corrected chi connectivity index (χ0v) is 15.2. The van der Waals surface area contributed by atoms with Gasteiger partial charge in [0, 0.05) is 0 Å². The van der Waals surface area contributed by atoms with Crippen molar-refractivity contribution < 1.29 is 27.1 Å². The molecule has 6 atom stereocenters. The number of carboxylic acids is 1. The van der Waals surface area contributed by atoms with E-state index in [9.17, 15) is 18.3 Å². The highest BCUT2D eigenvalue weighted by Crippen LogP contribution is 2.61. The molecule has 138 valence electrons. The van der Waals surface area contributed by atoms with Gasteiger partial charge in [-0.25, -0.2) is 4.18 Å². The lowest BCUT2D eigenvalue weighted by atomic mass is 9.47. The third-order valence-electron chi connectivity index (χ3n) is 7.28. The van der Waals surface area contributed by atoms with Gasteiger partial charge in [0.05, 0.1) is 11.5 Å². The third kappa shape index (κ3) is 3.22. The summed E-state index contributed by atoms with van der Waals surface area (Å²) in [5.41, 5.74) is -0.475. The Morgan fingerprint density at radius 3 is 2.46 bits per heavy atom. The molecule has 0 spiro atoms. The molecule has 3 rings (SSSR count). The van der Waals surface area contributed by atoms with Crippen molar-refractivity contribution in [1.29, 1.82) is 0 Å². The van der Waals surface area contributed by atoms with E-state index < -0.39 is 27.9 Å². The Balaban J connectivity index is 1.73. The summed E-state index contributed by atoms with van der Waals surface area (Å²) in [5, 5.41) is 9.53. The van der Waals surface area contributed by atoms with E-state index in [2.05, 4.69) is 6.92 Å². The molecular formula is C17H28O6S. The first-order valence-electron chi connectivity index (χ1n) is 8.93. The highest BCUT2D eigenvalue weighted by Gasteiger charge is 2.55. The lowest BCUT2D eigenvalue weighted by Crippen LogP contribution is -2.52. The van der Waals surface area contributed by atoms with Crippen LogP contribution in [0.2, 0.25) is 0 Å². The molecule has 0 aliphatic heterocycles. The number of hydrogen-bond donors (Lipinski definition) is 2. The van der Waals surface area contributed by atoms with Crippen molar-refractivity contribution in [1.82, 2.24) is 0 Å². The molecule has 3 fully saturated rings. The number of carbonyl (C=O) groups is 1. The lowest BCUT2D eigenvalue weighted by molar-refractivity contribution is -0.157. The monoisotopic (exact) mass is 360 g/mol. The average molecular weight is 360 g/mol. The normalized spacial score (nSPS) is 46.0. The van der Waals surface area contributed by atoms with Crippen molar-refractivity contribution in [3.63, 3.8) is 0 Å². The number of carboxylic acid groups (broad SMARTS) is 1. The molecule has 0 bridgehead atoms. The minimum absolute atomic E-state index is 0.127. The van der Waals surface area contributed by atoms with E-state index in [0.29, 0.717) is 30.6 Å². The quantitative estimate of drug-likeness (QED) is 0.749. The standard InChI is InChI=1S/C17H28O6S/c1-16(15(18)19)7-6-14-11(10-16)3-4-12-9-13(23-24(20,21)22)5-8-17(12,14)2/h11-14H,3-10H2,1-2H3,(H,18,19)(H,20,21,22)/t11-,12+,13+,14-,16-,17-/m0/s1. The molecule has 3 saturated carbocycles. The van der Waals surface area contributed by atoms with Crippen LogP contribution in [0.5, 0.6) is 0 Å². The van der Waals surface area contributed by atoms with E-state index in [-0.39, 0.29) is 5.41 Å². The fourth-order valence-electron chi connectivity index (χ4n) is 5.89. The maximum Gasteiger partial charge on any atom is 0.397 e. The Morgan fingerprint density at radius 1 is 1.12 bits per heavy atom. The minimum atomic E-state index is -4.39. The van der Waals surface area contributed by atoms with Crippen molar-refractivity contribution in [3.05, 3.63) is 0 Å². The first kappa shape index (κ1) is 18.1. The molecule has 3 aliphatic carbocycles. The van der Waals surface area contributed by atoms with Gasteiger partial charge in [0.2, 0.25) is 0 Å². The zero-order chi connectivity index (χ0) is 17.8. The van der Waals surface area contributed by atoms with Gasteiger partial charge in [-0.3, -0.25) is 9.35 Å². The van der Waals surface area contributed by atoms with Gasteiger partial charge in [0.1, 0.15) is 0 Å². The van der Waals surface area contributed by atoms with E-state index in [1.54, 1.807) is 0 Å². The molecule has 0 aromatic rings. The maximum absolute atomic E-state index is 11.6. The van der Waals surface area contributed by atoms with Crippen LogP contribution in [0.25, 0.3) is 0 Å². The smallest absolute Gasteiger partial charge is 0.397 e. The summed E-state index contributed by atoms with van der Waals surface area (Å²) >= 11 is 0. The third-order valence-corrected chi connectivity index (χ3v) is 7.80. The molecular weight excluding hydrogens is 332 g/mol. The molecule has 0 heterocycles. The van der Waals surface area contributed by atoms with E-state index in [0.717, 1.165) is 38.5 Å². The lowest BCUT2D eigenvalue weighted by Gasteiger charge is -2.58. The molecule has 7 heteroatoms. The summed E-state index contributed by atoms with van der Waals surface area (Å²) in [6.45, 7) is 4.17. The molecule has 0 radical (unpaired) electrons. The molecule has 6 nitrogen and oxygen atoms in total. The Morgan fingerprint density at radius 2 is 1.83 bits per heavy atom. The number of hydrogen-bond acceptors (Lipinski definition) is 4. The number of rotatable bonds is 3. The Hall–Kier alpha value is -0.660. The fraction of sp³-hybridized carbons (Fsp3) is 0.941. The van der Waals surface area contributed by atoms with Crippen LogP contribution in [0.15, 0.2) is 0 Å². The van der Waals surface area contributed by atoms with E-state index >= 15 is 0 Å². The second kappa shape index (κ2) is 5.95. The van der Waals surface area contributed by atoms with Gasteiger partial charge in [-0.15, -0.1) is 0 Å². The van der Waals surface area contributed by atoms with Gasteiger partial charge in [0.25, 0.3) is 0 Å². The minimum Gasteiger partial charge on any atom is -0.481 e. The van der Waals surface area contributed by atoms with Gasteiger partial charge in [0.15, 0.2) is 0 Å². The zero-order valence-electron chi connectivity index (χ0n) is 14.4. The number of aliphatic carboxylic acids is 1. The van der Waals surface area contributed by atoms with Crippen LogP contribution in [0.3, 0.4) is 0 Å². The number of fused-ring (bicyclic) bond motifs is 3. The summed E-state index contributed by atoms with van der Waals surface area (Å²) in [7, 11) is -4.39. The first-order valence-corrected chi connectivity index (χ1v) is 10.3. The van der Waals surface area contributed by atoms with Crippen LogP contribution in [-0.4, -0.2) is 30.2 Å². The van der Waals surface area contributed by atoms with Crippen LogP contribution in [0.1, 0.15) is 65.2 Å². The van der Waals surface area contributed by atoms with Crippen molar-refractivity contribution >= 4 is 16.4 Å². The van der Waals surface area contributed by atoms with E-state index in [4.69, 9.17) is 8.74 Å². The van der Waals surface area contributed by atoms with Crippen LogP contribution < -0.4 is 0 Å². The predicted octanol–water partition coefficient (Wildman–Crippen LogP) is 3.28. The summed E-state index contributed by atoms with van der Waals surface area (Å²) in [4.78, 5) is 11.6. The van der Waals surface area contributed by atoms with E-state index in [1.807, 2.05) is 6.92 Å². The van der Waals surface area contributed by atoms with Crippen LogP contribution in [0.4, 0.5) is 0 Å². The molecule has 0 aromatic heterocycles. The Labute approximate surface area is 143 Å². The van der Waals surface area contributed by atoms with Crippen LogP contribution in [0, 0.1) is 28.6 Å². The van der Waals surface area contributed by atoms with Crippen molar-refractivity contribution in [2.24, 2.45) is 28.6 Å². The molecule has 2 N–H and O–H groups in total.